The third-order valence-electron chi connectivity index (χ3n) is 4.65. The lowest BCUT2D eigenvalue weighted by Crippen LogP contribution is -2.14. The molecule has 2 aromatic carbocycles. The van der Waals surface area contributed by atoms with Gasteiger partial charge >= 0.3 is 0 Å². The van der Waals surface area contributed by atoms with Crippen LogP contribution in [0.15, 0.2) is 72.8 Å². The highest BCUT2D eigenvalue weighted by Gasteiger charge is 2.25. The number of hydrogen-bond acceptors (Lipinski definition) is 4. The molecule has 0 aliphatic heterocycles. The summed E-state index contributed by atoms with van der Waals surface area (Å²) in [5.41, 5.74) is 3.11. The van der Waals surface area contributed by atoms with E-state index in [1.165, 1.54) is 0 Å². The van der Waals surface area contributed by atoms with E-state index in [0.29, 0.717) is 11.1 Å². The normalized spacial score (nSPS) is 10.8. The van der Waals surface area contributed by atoms with Crippen molar-refractivity contribution in [2.24, 2.45) is 0 Å². The van der Waals surface area contributed by atoms with Crippen molar-refractivity contribution in [3.05, 3.63) is 93.7 Å². The fourth-order valence-electron chi connectivity index (χ4n) is 3.15. The molecule has 2 heterocycles. The van der Waals surface area contributed by atoms with Gasteiger partial charge in [-0.2, -0.15) is 0 Å². The summed E-state index contributed by atoms with van der Waals surface area (Å²) in [6.07, 6.45) is 0. The van der Waals surface area contributed by atoms with Crippen LogP contribution in [0.4, 0.5) is 0 Å². The molecule has 0 unspecified atom stereocenters. The van der Waals surface area contributed by atoms with Crippen LogP contribution in [-0.2, 0) is 0 Å². The summed E-state index contributed by atoms with van der Waals surface area (Å²) in [4.78, 5) is 29.7. The molecule has 0 saturated heterocycles. The van der Waals surface area contributed by atoms with Gasteiger partial charge in [0.1, 0.15) is 0 Å². The van der Waals surface area contributed by atoms with Crippen LogP contribution in [0, 0.1) is 13.8 Å². The molecule has 2 aromatic heterocycles. The molecular formula is C24H18O2S2. The van der Waals surface area contributed by atoms with Crippen molar-refractivity contribution >= 4 is 34.2 Å². The van der Waals surface area contributed by atoms with Gasteiger partial charge in [-0.1, -0.05) is 60.7 Å². The van der Waals surface area contributed by atoms with Gasteiger partial charge in [-0.15, -0.1) is 22.7 Å². The molecule has 0 aliphatic carbocycles. The topological polar surface area (TPSA) is 34.1 Å². The van der Waals surface area contributed by atoms with E-state index in [0.717, 1.165) is 30.6 Å². The molecule has 138 valence electrons. The third kappa shape index (κ3) is 3.49. The van der Waals surface area contributed by atoms with Gasteiger partial charge in [0.15, 0.2) is 0 Å². The monoisotopic (exact) mass is 402 g/mol. The minimum absolute atomic E-state index is 0.434. The van der Waals surface area contributed by atoms with Gasteiger partial charge in [-0.3, -0.25) is 9.59 Å². The first-order valence-corrected chi connectivity index (χ1v) is 10.6. The highest BCUT2D eigenvalue weighted by Crippen LogP contribution is 2.34. The summed E-state index contributed by atoms with van der Waals surface area (Å²) in [7, 11) is 0. The van der Waals surface area contributed by atoms with Crippen molar-refractivity contribution in [1.29, 1.82) is 0 Å². The summed E-state index contributed by atoms with van der Waals surface area (Å²) >= 11 is 3.09. The van der Waals surface area contributed by atoms with Gasteiger partial charge in [0.25, 0.3) is 0 Å². The van der Waals surface area contributed by atoms with Crippen LogP contribution in [0.3, 0.4) is 0 Å². The van der Waals surface area contributed by atoms with Crippen LogP contribution < -0.4 is 0 Å². The van der Waals surface area contributed by atoms with E-state index < -0.39 is 11.6 Å². The van der Waals surface area contributed by atoms with E-state index >= 15 is 0 Å². The molecule has 4 rings (SSSR count). The molecule has 0 N–H and O–H groups in total. The van der Waals surface area contributed by atoms with Crippen LogP contribution in [-0.4, -0.2) is 11.6 Å². The number of rotatable bonds is 5. The van der Waals surface area contributed by atoms with Crippen molar-refractivity contribution in [1.82, 2.24) is 0 Å². The van der Waals surface area contributed by atoms with Gasteiger partial charge in [0, 0.05) is 30.6 Å². The summed E-state index contributed by atoms with van der Waals surface area (Å²) in [5, 5.41) is 0. The first-order chi connectivity index (χ1) is 13.5. The molecule has 4 aromatic rings. The predicted octanol–water partition coefficient (Wildman–Crippen LogP) is 6.83. The van der Waals surface area contributed by atoms with E-state index in [2.05, 4.69) is 0 Å². The highest BCUT2D eigenvalue weighted by molar-refractivity contribution is 7.16. The maximum atomic E-state index is 13.0. The molecule has 0 aliphatic rings. The first-order valence-electron chi connectivity index (χ1n) is 8.95. The maximum absolute atomic E-state index is 13.0. The molecule has 0 fully saturated rings. The zero-order valence-electron chi connectivity index (χ0n) is 15.6. The summed E-state index contributed by atoms with van der Waals surface area (Å²) in [6, 6.07) is 23.5. The lowest BCUT2D eigenvalue weighted by Gasteiger charge is -1.99. The molecule has 0 atom stereocenters. The van der Waals surface area contributed by atoms with E-state index in [1.807, 2.05) is 86.6 Å². The number of thiophene rings is 2. The van der Waals surface area contributed by atoms with E-state index in [-0.39, 0.29) is 0 Å². The second-order valence-corrected chi connectivity index (χ2v) is 9.06. The van der Waals surface area contributed by atoms with Gasteiger partial charge in [-0.05, 0) is 37.1 Å². The molecular weight excluding hydrogens is 384 g/mol. The molecule has 0 saturated carbocycles. The van der Waals surface area contributed by atoms with Crippen LogP contribution >= 0.6 is 22.7 Å². The average molecular weight is 403 g/mol. The Morgan fingerprint density at radius 2 is 0.964 bits per heavy atom. The Kier molecular flexibility index (Phi) is 5.07. The van der Waals surface area contributed by atoms with Crippen molar-refractivity contribution in [2.45, 2.75) is 13.8 Å². The van der Waals surface area contributed by atoms with Crippen molar-refractivity contribution in [3.63, 3.8) is 0 Å². The summed E-state index contributed by atoms with van der Waals surface area (Å²) < 4.78 is 0. The number of ketones is 2. The van der Waals surface area contributed by atoms with E-state index in [4.69, 9.17) is 0 Å². The van der Waals surface area contributed by atoms with E-state index in [1.54, 1.807) is 22.7 Å². The van der Waals surface area contributed by atoms with Crippen molar-refractivity contribution < 1.29 is 9.59 Å². The Hall–Kier alpha value is -2.82. The largest absolute Gasteiger partial charge is 0.285 e. The van der Waals surface area contributed by atoms with Gasteiger partial charge in [0.05, 0.1) is 0 Å². The fourth-order valence-corrected chi connectivity index (χ4v) is 5.19. The number of benzene rings is 2. The average Bonchev–Trinajstić information content (AvgIpc) is 3.31. The van der Waals surface area contributed by atoms with Crippen LogP contribution in [0.2, 0.25) is 0 Å². The lowest BCUT2D eigenvalue weighted by atomic mass is 10.0. The zero-order valence-corrected chi connectivity index (χ0v) is 17.2. The Morgan fingerprint density at radius 3 is 1.32 bits per heavy atom. The smallest absolute Gasteiger partial charge is 0.234 e. The molecule has 0 radical (unpaired) electrons. The molecule has 0 amide bonds. The maximum Gasteiger partial charge on any atom is 0.234 e. The molecule has 28 heavy (non-hydrogen) atoms. The summed E-state index contributed by atoms with van der Waals surface area (Å²) in [5.74, 6) is -0.868. The Morgan fingerprint density at radius 1 is 0.607 bits per heavy atom. The van der Waals surface area contributed by atoms with Gasteiger partial charge in [-0.25, -0.2) is 0 Å². The Labute approximate surface area is 172 Å². The van der Waals surface area contributed by atoms with Crippen molar-refractivity contribution in [2.75, 3.05) is 0 Å². The zero-order chi connectivity index (χ0) is 19.7. The predicted molar refractivity (Wildman–Crippen MR) is 118 cm³/mol. The molecule has 0 spiro atoms. The van der Waals surface area contributed by atoms with Crippen LogP contribution in [0.1, 0.15) is 30.5 Å². The third-order valence-corrected chi connectivity index (χ3v) is 6.85. The second kappa shape index (κ2) is 7.66. The summed E-state index contributed by atoms with van der Waals surface area (Å²) in [6.45, 7) is 3.79. The molecule has 2 nitrogen and oxygen atoms in total. The molecule has 4 heteroatoms. The fraction of sp³-hybridized carbons (Fsp3) is 0.0833. The van der Waals surface area contributed by atoms with Gasteiger partial charge < -0.3 is 0 Å². The number of hydrogen-bond donors (Lipinski definition) is 0. The highest BCUT2D eigenvalue weighted by atomic mass is 32.1. The minimum Gasteiger partial charge on any atom is -0.285 e. The first kappa shape index (κ1) is 18.5. The lowest BCUT2D eigenvalue weighted by molar-refractivity contribution is 0.0817. The van der Waals surface area contributed by atoms with Crippen molar-refractivity contribution in [3.8, 4) is 20.9 Å². The number of Topliss-reactive ketones (excluding diaryl/α,β-unsaturated/α-hetero) is 2. The number of carbonyl (C=O) groups excluding carboxylic acids is 2. The van der Waals surface area contributed by atoms with Gasteiger partial charge in [0.2, 0.25) is 11.6 Å². The Balaban J connectivity index is 1.65. The minimum atomic E-state index is -0.434. The molecule has 0 bridgehead atoms. The van der Waals surface area contributed by atoms with Crippen LogP contribution in [0.5, 0.6) is 0 Å². The van der Waals surface area contributed by atoms with E-state index in [9.17, 15) is 9.59 Å². The Bertz CT molecular complexity index is 1060. The van der Waals surface area contributed by atoms with Crippen LogP contribution in [0.25, 0.3) is 20.9 Å². The number of aryl methyl sites for hydroxylation is 2. The number of carbonyl (C=O) groups is 2. The SMILES string of the molecule is Cc1sc(-c2ccccc2)cc1C(=O)C(=O)c1cc(-c2ccccc2)sc1C. The second-order valence-electron chi connectivity index (χ2n) is 6.55. The quantitative estimate of drug-likeness (QED) is 0.271. The standard InChI is InChI=1S/C24H18O2S2/c1-15-19(13-21(27-15)17-9-5-3-6-10-17)23(25)24(26)20-14-22(28-16(20)2)18-11-7-4-8-12-18/h3-14H,1-2H3.